The quantitative estimate of drug-likeness (QED) is 0.615. The van der Waals surface area contributed by atoms with Gasteiger partial charge in [-0.3, -0.25) is 0 Å². The summed E-state index contributed by atoms with van der Waals surface area (Å²) < 4.78 is 0. The molecule has 3 heteroatoms. The zero-order valence-corrected chi connectivity index (χ0v) is 6.30. The van der Waals surface area contributed by atoms with Gasteiger partial charge in [0.15, 0.2) is 0 Å². The lowest BCUT2D eigenvalue weighted by Crippen LogP contribution is -2.37. The van der Waals surface area contributed by atoms with Crippen LogP contribution < -0.4 is 5.32 Å². The lowest BCUT2D eigenvalue weighted by Gasteiger charge is -2.15. The van der Waals surface area contributed by atoms with Crippen molar-refractivity contribution in [3.63, 3.8) is 0 Å². The van der Waals surface area contributed by atoms with E-state index in [0.717, 1.165) is 13.0 Å². The van der Waals surface area contributed by atoms with Crippen LogP contribution >= 0.6 is 0 Å². The molecule has 1 saturated heterocycles. The van der Waals surface area contributed by atoms with E-state index in [0.29, 0.717) is 6.04 Å². The first-order valence-electron chi connectivity index (χ1n) is 4.05. The molecule has 0 aromatic carbocycles. The first-order chi connectivity index (χ1) is 4.87. The molecule has 2 aliphatic rings. The van der Waals surface area contributed by atoms with Gasteiger partial charge in [0.05, 0.1) is 6.04 Å². The Labute approximate surface area is 60.9 Å². The molecule has 0 amide bonds. The molecule has 0 spiro atoms. The lowest BCUT2D eigenvalue weighted by atomic mass is 10.0. The highest BCUT2D eigenvalue weighted by molar-refractivity contribution is 5.04. The summed E-state index contributed by atoms with van der Waals surface area (Å²) >= 11 is 0. The maximum absolute atomic E-state index is 4.10. The average molecular weight is 139 g/mol. The molecule has 3 nitrogen and oxygen atoms in total. The van der Waals surface area contributed by atoms with Crippen LogP contribution in [0.5, 0.6) is 0 Å². The zero-order valence-electron chi connectivity index (χ0n) is 6.30. The van der Waals surface area contributed by atoms with Gasteiger partial charge in [-0.15, -0.1) is 0 Å². The summed E-state index contributed by atoms with van der Waals surface area (Å²) in [6, 6.07) is 0.553. The zero-order chi connectivity index (χ0) is 7.03. The van der Waals surface area contributed by atoms with Crippen molar-refractivity contribution < 1.29 is 0 Å². The van der Waals surface area contributed by atoms with Crippen molar-refractivity contribution in [1.29, 1.82) is 0 Å². The Morgan fingerprint density at radius 2 is 2.40 bits per heavy atom. The summed E-state index contributed by atoms with van der Waals surface area (Å²) in [6.07, 6.45) is 3.60. The third kappa shape index (κ3) is 0.770. The van der Waals surface area contributed by atoms with Crippen LogP contribution in [0.1, 0.15) is 26.2 Å². The van der Waals surface area contributed by atoms with Crippen molar-refractivity contribution >= 4 is 0 Å². The molecule has 0 aromatic rings. The standard InChI is InChI=1S/C7H13N3/c1-2-7(9-10-7)6-4-3-5-8-6/h6,8H,2-5H2,1H3/t6-/m0/s1. The number of rotatable bonds is 2. The fourth-order valence-electron chi connectivity index (χ4n) is 1.67. The van der Waals surface area contributed by atoms with Crippen LogP contribution in [0.3, 0.4) is 0 Å². The molecule has 0 bridgehead atoms. The molecule has 56 valence electrons. The van der Waals surface area contributed by atoms with E-state index in [1.165, 1.54) is 12.8 Å². The minimum Gasteiger partial charge on any atom is -0.310 e. The summed E-state index contributed by atoms with van der Waals surface area (Å²) in [6.45, 7) is 3.30. The molecular formula is C7H13N3. The predicted octanol–water partition coefficient (Wildman–Crippen LogP) is 1.31. The normalized spacial score (nSPS) is 34.7. The Hall–Kier alpha value is -0.440. The first-order valence-corrected chi connectivity index (χ1v) is 4.05. The van der Waals surface area contributed by atoms with Gasteiger partial charge in [0, 0.05) is 0 Å². The molecule has 10 heavy (non-hydrogen) atoms. The molecule has 0 unspecified atom stereocenters. The van der Waals surface area contributed by atoms with E-state index in [1.54, 1.807) is 0 Å². The predicted molar refractivity (Wildman–Crippen MR) is 38.9 cm³/mol. The molecule has 1 atom stereocenters. The van der Waals surface area contributed by atoms with E-state index in [9.17, 15) is 0 Å². The largest absolute Gasteiger partial charge is 0.310 e. The maximum Gasteiger partial charge on any atom is 0.205 e. The van der Waals surface area contributed by atoms with Crippen molar-refractivity contribution in [1.82, 2.24) is 5.32 Å². The summed E-state index contributed by atoms with van der Waals surface area (Å²) in [5.74, 6) is 0. The second-order valence-corrected chi connectivity index (χ2v) is 3.08. The second kappa shape index (κ2) is 2.02. The first kappa shape index (κ1) is 6.28. The second-order valence-electron chi connectivity index (χ2n) is 3.08. The van der Waals surface area contributed by atoms with Gasteiger partial charge in [-0.25, -0.2) is 0 Å². The van der Waals surface area contributed by atoms with Gasteiger partial charge in [0.2, 0.25) is 5.66 Å². The van der Waals surface area contributed by atoms with Crippen molar-refractivity contribution in [3.05, 3.63) is 0 Å². The van der Waals surface area contributed by atoms with E-state index >= 15 is 0 Å². The number of hydrogen-bond donors (Lipinski definition) is 1. The van der Waals surface area contributed by atoms with Gasteiger partial charge in [0.25, 0.3) is 0 Å². The van der Waals surface area contributed by atoms with Gasteiger partial charge >= 0.3 is 0 Å². The van der Waals surface area contributed by atoms with E-state index < -0.39 is 0 Å². The van der Waals surface area contributed by atoms with E-state index in [2.05, 4.69) is 22.5 Å². The molecule has 1 N–H and O–H groups in total. The summed E-state index contributed by atoms with van der Waals surface area (Å²) in [5.41, 5.74) is 0.0104. The van der Waals surface area contributed by atoms with Crippen molar-refractivity contribution in [2.24, 2.45) is 10.2 Å². The molecule has 2 heterocycles. The Kier molecular flexibility index (Phi) is 1.27. The van der Waals surface area contributed by atoms with Crippen molar-refractivity contribution in [2.45, 2.75) is 37.9 Å². The van der Waals surface area contributed by atoms with E-state index in [4.69, 9.17) is 0 Å². The SMILES string of the molecule is CCC1([C@@H]2CCCN2)N=N1. The van der Waals surface area contributed by atoms with Crippen LogP contribution in [0, 0.1) is 0 Å². The fourth-order valence-corrected chi connectivity index (χ4v) is 1.67. The van der Waals surface area contributed by atoms with Crippen LogP contribution in [0.25, 0.3) is 0 Å². The minimum absolute atomic E-state index is 0.0104. The minimum atomic E-state index is 0.0104. The molecule has 0 aliphatic carbocycles. The van der Waals surface area contributed by atoms with Crippen LogP contribution in [0.4, 0.5) is 0 Å². The van der Waals surface area contributed by atoms with Crippen LogP contribution in [0.2, 0.25) is 0 Å². The smallest absolute Gasteiger partial charge is 0.205 e. The maximum atomic E-state index is 4.10. The fraction of sp³-hybridized carbons (Fsp3) is 1.00. The highest BCUT2D eigenvalue weighted by Gasteiger charge is 2.47. The summed E-state index contributed by atoms with van der Waals surface area (Å²) in [5, 5.41) is 11.6. The average Bonchev–Trinajstić information content (AvgIpc) is 2.58. The number of hydrogen-bond acceptors (Lipinski definition) is 3. The molecule has 0 saturated carbocycles. The van der Waals surface area contributed by atoms with E-state index in [1.807, 2.05) is 0 Å². The van der Waals surface area contributed by atoms with Crippen molar-refractivity contribution in [2.75, 3.05) is 6.54 Å². The van der Waals surface area contributed by atoms with Gasteiger partial charge in [0.1, 0.15) is 0 Å². The Morgan fingerprint density at radius 3 is 2.80 bits per heavy atom. The van der Waals surface area contributed by atoms with Gasteiger partial charge in [-0.1, -0.05) is 6.92 Å². The molecule has 0 radical (unpaired) electrons. The summed E-state index contributed by atoms with van der Waals surface area (Å²) in [4.78, 5) is 0. The van der Waals surface area contributed by atoms with Gasteiger partial charge in [-0.05, 0) is 25.8 Å². The Morgan fingerprint density at radius 1 is 1.60 bits per heavy atom. The highest BCUT2D eigenvalue weighted by Crippen LogP contribution is 2.38. The number of nitrogens with zero attached hydrogens (tertiary/aromatic N) is 2. The Bertz CT molecular complexity index is 152. The van der Waals surface area contributed by atoms with Gasteiger partial charge < -0.3 is 5.32 Å². The Balaban J connectivity index is 1.97. The monoisotopic (exact) mass is 139 g/mol. The third-order valence-corrected chi connectivity index (χ3v) is 2.50. The van der Waals surface area contributed by atoms with Crippen LogP contribution in [-0.2, 0) is 0 Å². The summed E-state index contributed by atoms with van der Waals surface area (Å²) in [7, 11) is 0. The molecule has 0 aromatic heterocycles. The topological polar surface area (TPSA) is 36.8 Å². The highest BCUT2D eigenvalue weighted by atomic mass is 15.5. The molecular weight excluding hydrogens is 126 g/mol. The van der Waals surface area contributed by atoms with E-state index in [-0.39, 0.29) is 5.66 Å². The number of nitrogens with one attached hydrogen (secondary N) is 1. The molecule has 2 aliphatic heterocycles. The third-order valence-electron chi connectivity index (χ3n) is 2.50. The lowest BCUT2D eigenvalue weighted by molar-refractivity contribution is 0.421. The van der Waals surface area contributed by atoms with Gasteiger partial charge in [-0.2, -0.15) is 10.2 Å². The van der Waals surface area contributed by atoms with Crippen LogP contribution in [-0.4, -0.2) is 18.2 Å². The van der Waals surface area contributed by atoms with Crippen LogP contribution in [0.15, 0.2) is 10.2 Å². The van der Waals surface area contributed by atoms with Crippen molar-refractivity contribution in [3.8, 4) is 0 Å². The molecule has 1 fully saturated rings. The molecule has 2 rings (SSSR count).